The molecule has 0 heterocycles. The Morgan fingerprint density at radius 3 is 2.19 bits per heavy atom. The highest BCUT2D eigenvalue weighted by molar-refractivity contribution is 6.52. The first-order chi connectivity index (χ1) is 12.5. The third kappa shape index (κ3) is 3.39. The number of benzene rings is 2. The molecule has 2 aromatic rings. The van der Waals surface area contributed by atoms with Crippen molar-refractivity contribution in [3.05, 3.63) is 87.0 Å². The second-order valence-corrected chi connectivity index (χ2v) is 6.20. The number of ketones is 2. The van der Waals surface area contributed by atoms with Crippen LogP contribution in [0.15, 0.2) is 60.2 Å². The molecule has 0 spiro atoms. The molecular weight excluding hydrogens is 334 g/mol. The molecule has 0 aliphatic heterocycles. The molecule has 0 fully saturated rings. The lowest BCUT2D eigenvalue weighted by Crippen LogP contribution is -2.31. The molecule has 0 amide bonds. The first-order valence-corrected chi connectivity index (χ1v) is 8.26. The zero-order valence-corrected chi connectivity index (χ0v) is 13.9. The van der Waals surface area contributed by atoms with Crippen LogP contribution in [0.5, 0.6) is 0 Å². The lowest BCUT2D eigenvalue weighted by atomic mass is 9.80. The maximum atomic E-state index is 12.5. The van der Waals surface area contributed by atoms with Gasteiger partial charge in [-0.15, -0.1) is 0 Å². The summed E-state index contributed by atoms with van der Waals surface area (Å²) in [5, 5.41) is 21.7. The van der Waals surface area contributed by atoms with E-state index in [9.17, 15) is 24.8 Å². The third-order valence-corrected chi connectivity index (χ3v) is 4.53. The van der Waals surface area contributed by atoms with E-state index < -0.39 is 29.0 Å². The maximum absolute atomic E-state index is 12.5. The van der Waals surface area contributed by atoms with E-state index in [1.165, 1.54) is 12.1 Å². The number of aliphatic hydroxyl groups is 1. The van der Waals surface area contributed by atoms with Crippen LogP contribution in [0, 0.1) is 16.0 Å². The number of carbonyl (C=O) groups is 2. The number of hydrogen-bond donors (Lipinski definition) is 1. The Kier molecular flexibility index (Phi) is 4.93. The van der Waals surface area contributed by atoms with Gasteiger partial charge in [-0.1, -0.05) is 54.6 Å². The van der Waals surface area contributed by atoms with E-state index >= 15 is 0 Å². The number of nitrogens with zero attached hydrogens (tertiary/aromatic N) is 1. The highest BCUT2D eigenvalue weighted by Crippen LogP contribution is 2.33. The molecule has 6 heteroatoms. The summed E-state index contributed by atoms with van der Waals surface area (Å²) >= 11 is 0. The number of aryl methyl sites for hydroxylation is 1. The van der Waals surface area contributed by atoms with Crippen molar-refractivity contribution < 1.29 is 19.6 Å². The highest BCUT2D eigenvalue weighted by atomic mass is 16.6. The van der Waals surface area contributed by atoms with Crippen LogP contribution in [-0.4, -0.2) is 28.1 Å². The SMILES string of the molecule is O=C1C(=O)c2ccccc2C(O)=C1C(CCc1ccccc1)C[N+](=O)[O-]. The predicted molar refractivity (Wildman–Crippen MR) is 95.4 cm³/mol. The largest absolute Gasteiger partial charge is 0.507 e. The van der Waals surface area contributed by atoms with Gasteiger partial charge in [0.15, 0.2) is 0 Å². The van der Waals surface area contributed by atoms with Gasteiger partial charge in [0.1, 0.15) is 5.76 Å². The number of nitro groups is 1. The molecule has 0 radical (unpaired) electrons. The van der Waals surface area contributed by atoms with Crippen LogP contribution in [0.1, 0.15) is 27.9 Å². The number of hydrogen-bond acceptors (Lipinski definition) is 5. The molecule has 0 saturated carbocycles. The summed E-state index contributed by atoms with van der Waals surface area (Å²) in [5.41, 5.74) is 1.19. The summed E-state index contributed by atoms with van der Waals surface area (Å²) in [5.74, 6) is -2.76. The molecule has 1 aliphatic carbocycles. The highest BCUT2D eigenvalue weighted by Gasteiger charge is 2.38. The van der Waals surface area contributed by atoms with Crippen LogP contribution in [0.3, 0.4) is 0 Å². The smallest absolute Gasteiger partial charge is 0.234 e. The van der Waals surface area contributed by atoms with E-state index in [-0.39, 0.29) is 28.9 Å². The topological polar surface area (TPSA) is 97.5 Å². The molecular formula is C20H17NO5. The minimum absolute atomic E-state index is 0.127. The number of Topliss-reactive ketones (excluding diaryl/α,β-unsaturated/α-hetero) is 2. The lowest BCUT2D eigenvalue weighted by Gasteiger charge is -2.22. The lowest BCUT2D eigenvalue weighted by molar-refractivity contribution is -0.486. The van der Waals surface area contributed by atoms with Gasteiger partial charge in [-0.05, 0) is 18.4 Å². The van der Waals surface area contributed by atoms with Crippen LogP contribution < -0.4 is 0 Å². The fourth-order valence-electron chi connectivity index (χ4n) is 3.26. The number of rotatable bonds is 6. The summed E-state index contributed by atoms with van der Waals surface area (Å²) in [6, 6.07) is 15.6. The molecule has 3 rings (SSSR count). The first kappa shape index (κ1) is 17.5. The monoisotopic (exact) mass is 351 g/mol. The van der Waals surface area contributed by atoms with Gasteiger partial charge in [-0.2, -0.15) is 0 Å². The summed E-state index contributed by atoms with van der Waals surface area (Å²) in [6.07, 6.45) is 0.783. The van der Waals surface area contributed by atoms with Crippen LogP contribution in [0.25, 0.3) is 5.76 Å². The van der Waals surface area contributed by atoms with Gasteiger partial charge in [0.05, 0.1) is 11.5 Å². The second kappa shape index (κ2) is 7.31. The third-order valence-electron chi connectivity index (χ3n) is 4.53. The second-order valence-electron chi connectivity index (χ2n) is 6.20. The number of aliphatic hydroxyl groups excluding tert-OH is 1. The van der Waals surface area contributed by atoms with Crippen LogP contribution >= 0.6 is 0 Å². The van der Waals surface area contributed by atoms with Crippen molar-refractivity contribution in [3.63, 3.8) is 0 Å². The maximum Gasteiger partial charge on any atom is 0.234 e. The molecule has 1 unspecified atom stereocenters. The van der Waals surface area contributed by atoms with E-state index in [1.807, 2.05) is 30.3 Å². The Balaban J connectivity index is 1.98. The van der Waals surface area contributed by atoms with Crippen LogP contribution in [0.4, 0.5) is 0 Å². The van der Waals surface area contributed by atoms with Crippen molar-refractivity contribution >= 4 is 17.3 Å². The molecule has 0 saturated heterocycles. The van der Waals surface area contributed by atoms with Crippen molar-refractivity contribution in [2.24, 2.45) is 5.92 Å². The Morgan fingerprint density at radius 2 is 1.54 bits per heavy atom. The number of carbonyl (C=O) groups excluding carboxylic acids is 2. The van der Waals surface area contributed by atoms with Crippen molar-refractivity contribution in [1.82, 2.24) is 0 Å². The van der Waals surface area contributed by atoms with Crippen LogP contribution in [-0.2, 0) is 11.2 Å². The summed E-state index contributed by atoms with van der Waals surface area (Å²) < 4.78 is 0. The molecule has 1 aliphatic rings. The van der Waals surface area contributed by atoms with Gasteiger partial charge in [0, 0.05) is 16.1 Å². The van der Waals surface area contributed by atoms with Gasteiger partial charge in [-0.25, -0.2) is 0 Å². The van der Waals surface area contributed by atoms with Gasteiger partial charge in [-0.3, -0.25) is 19.7 Å². The van der Waals surface area contributed by atoms with Gasteiger partial charge in [0.25, 0.3) is 0 Å². The first-order valence-electron chi connectivity index (χ1n) is 8.26. The Morgan fingerprint density at radius 1 is 0.923 bits per heavy atom. The standard InChI is InChI=1S/C20H17NO5/c22-18-15-8-4-5-9-16(15)19(23)20(24)17(18)14(12-21(25)26)11-10-13-6-2-1-3-7-13/h1-9,14,22H,10-12H2. The normalized spacial score (nSPS) is 14.9. The summed E-state index contributed by atoms with van der Waals surface area (Å²) in [4.78, 5) is 35.5. The quantitative estimate of drug-likeness (QED) is 0.489. The van der Waals surface area contributed by atoms with Gasteiger partial charge < -0.3 is 5.11 Å². The molecule has 26 heavy (non-hydrogen) atoms. The molecule has 0 aromatic heterocycles. The fraction of sp³-hybridized carbons (Fsp3) is 0.200. The molecule has 6 nitrogen and oxygen atoms in total. The summed E-state index contributed by atoms with van der Waals surface area (Å²) in [7, 11) is 0. The Hall–Kier alpha value is -3.28. The van der Waals surface area contributed by atoms with Gasteiger partial charge >= 0.3 is 0 Å². The van der Waals surface area contributed by atoms with E-state index in [2.05, 4.69) is 0 Å². The van der Waals surface area contributed by atoms with E-state index in [1.54, 1.807) is 12.1 Å². The van der Waals surface area contributed by atoms with E-state index in [0.717, 1.165) is 5.56 Å². The van der Waals surface area contributed by atoms with E-state index in [4.69, 9.17) is 0 Å². The zero-order valence-electron chi connectivity index (χ0n) is 13.9. The molecule has 132 valence electrons. The fourth-order valence-corrected chi connectivity index (χ4v) is 3.26. The van der Waals surface area contributed by atoms with Crippen LogP contribution in [0.2, 0.25) is 0 Å². The van der Waals surface area contributed by atoms with E-state index in [0.29, 0.717) is 6.42 Å². The minimum atomic E-state index is -0.860. The summed E-state index contributed by atoms with van der Waals surface area (Å²) in [6.45, 7) is -0.520. The Bertz CT molecular complexity index is 901. The average Bonchev–Trinajstić information content (AvgIpc) is 2.65. The average molecular weight is 351 g/mol. The molecule has 0 bridgehead atoms. The minimum Gasteiger partial charge on any atom is -0.507 e. The molecule has 1 atom stereocenters. The van der Waals surface area contributed by atoms with Crippen molar-refractivity contribution in [2.45, 2.75) is 12.8 Å². The van der Waals surface area contributed by atoms with Crippen molar-refractivity contribution in [1.29, 1.82) is 0 Å². The molecule has 1 N–H and O–H groups in total. The van der Waals surface area contributed by atoms with Gasteiger partial charge in [0.2, 0.25) is 18.1 Å². The predicted octanol–water partition coefficient (Wildman–Crippen LogP) is 3.25. The zero-order chi connectivity index (χ0) is 18.7. The van der Waals surface area contributed by atoms with Crippen molar-refractivity contribution in [3.8, 4) is 0 Å². The molecule has 2 aromatic carbocycles. The number of fused-ring (bicyclic) bond motifs is 1. The Labute approximate surface area is 149 Å². The van der Waals surface area contributed by atoms with Crippen molar-refractivity contribution in [2.75, 3.05) is 6.54 Å².